The van der Waals surface area contributed by atoms with Crippen molar-refractivity contribution in [2.75, 3.05) is 11.5 Å². The van der Waals surface area contributed by atoms with Crippen molar-refractivity contribution in [3.63, 3.8) is 0 Å². The first kappa shape index (κ1) is 16.4. The summed E-state index contributed by atoms with van der Waals surface area (Å²) < 4.78 is 51.5. The zero-order chi connectivity index (χ0) is 16.1. The van der Waals surface area contributed by atoms with Crippen molar-refractivity contribution in [3.05, 3.63) is 28.2 Å². The Morgan fingerprint density at radius 3 is 2.36 bits per heavy atom. The van der Waals surface area contributed by atoms with E-state index in [2.05, 4.69) is 15.9 Å². The highest BCUT2D eigenvalue weighted by Gasteiger charge is 2.46. The molecule has 0 amide bonds. The summed E-state index contributed by atoms with van der Waals surface area (Å²) in [6, 6.07) is 4.62. The topological polar surface area (TPSA) is 71.5 Å². The fourth-order valence-corrected chi connectivity index (χ4v) is 7.79. The lowest BCUT2D eigenvalue weighted by molar-refractivity contribution is 0.332. The molecule has 2 aliphatic rings. The van der Waals surface area contributed by atoms with Crippen molar-refractivity contribution >= 4 is 35.8 Å². The number of nitrogens with zero attached hydrogens (tertiary/aromatic N) is 1. The Labute approximate surface area is 139 Å². The van der Waals surface area contributed by atoms with E-state index in [4.69, 9.17) is 0 Å². The zero-order valence-electron chi connectivity index (χ0n) is 12.2. The summed E-state index contributed by atoms with van der Waals surface area (Å²) >= 11 is 3.33. The zero-order valence-corrected chi connectivity index (χ0v) is 15.4. The maximum Gasteiger partial charge on any atom is 0.244 e. The van der Waals surface area contributed by atoms with Crippen molar-refractivity contribution in [1.29, 1.82) is 0 Å². The summed E-state index contributed by atoms with van der Waals surface area (Å²) in [7, 11) is -6.82. The highest BCUT2D eigenvalue weighted by molar-refractivity contribution is 9.10. The molecule has 1 aromatic carbocycles. The number of halogens is 1. The van der Waals surface area contributed by atoms with Crippen molar-refractivity contribution in [2.24, 2.45) is 0 Å². The van der Waals surface area contributed by atoms with Gasteiger partial charge in [0.2, 0.25) is 10.0 Å². The van der Waals surface area contributed by atoms with E-state index in [0.717, 1.165) is 18.4 Å². The lowest BCUT2D eigenvalue weighted by atomic mass is 10.2. The van der Waals surface area contributed by atoms with Crippen LogP contribution in [0.2, 0.25) is 0 Å². The van der Waals surface area contributed by atoms with Crippen LogP contribution in [-0.2, 0) is 19.9 Å². The summed E-state index contributed by atoms with van der Waals surface area (Å²) in [5.41, 5.74) is 0.965. The van der Waals surface area contributed by atoms with Gasteiger partial charge in [-0.05, 0) is 59.8 Å². The molecule has 3 rings (SSSR count). The lowest BCUT2D eigenvalue weighted by Crippen LogP contribution is -2.42. The Hall–Kier alpha value is -0.440. The van der Waals surface area contributed by atoms with Crippen molar-refractivity contribution < 1.29 is 16.8 Å². The summed E-state index contributed by atoms with van der Waals surface area (Å²) in [5.74, 6) is 0.0116. The fourth-order valence-electron chi connectivity index (χ4n) is 2.92. The second-order valence-electron chi connectivity index (χ2n) is 6.06. The molecule has 0 bridgehead atoms. The largest absolute Gasteiger partial charge is 0.244 e. The summed E-state index contributed by atoms with van der Waals surface area (Å²) in [6.45, 7) is 1.89. The van der Waals surface area contributed by atoms with E-state index in [9.17, 15) is 16.8 Å². The molecule has 1 unspecified atom stereocenters. The molecule has 1 aliphatic heterocycles. The van der Waals surface area contributed by atoms with Crippen LogP contribution in [0.25, 0.3) is 0 Å². The average Bonchev–Trinajstić information content (AvgIpc) is 3.13. The van der Waals surface area contributed by atoms with Gasteiger partial charge in [-0.1, -0.05) is 6.07 Å². The molecular formula is C14H18BrNO4S2. The molecule has 1 saturated heterocycles. The molecule has 0 radical (unpaired) electrons. The standard InChI is InChI=1S/C14H18BrNO4S2/c1-10-2-5-14(13(15)8-10)22(19,20)16(11-3-4-11)12-6-7-21(17,18)9-12/h2,5,8,11-12H,3-4,6-7,9H2,1H3. The van der Waals surface area contributed by atoms with Crippen molar-refractivity contribution in [2.45, 2.75) is 43.2 Å². The van der Waals surface area contributed by atoms with Gasteiger partial charge in [0.15, 0.2) is 9.84 Å². The monoisotopic (exact) mass is 407 g/mol. The Morgan fingerprint density at radius 1 is 1.18 bits per heavy atom. The minimum absolute atomic E-state index is 0.0588. The summed E-state index contributed by atoms with van der Waals surface area (Å²) in [4.78, 5) is 0.217. The molecule has 8 heteroatoms. The third kappa shape index (κ3) is 3.11. The molecule has 0 N–H and O–H groups in total. The second kappa shape index (κ2) is 5.58. The van der Waals surface area contributed by atoms with Crippen molar-refractivity contribution in [3.8, 4) is 0 Å². The summed E-state index contributed by atoms with van der Waals surface area (Å²) in [5, 5.41) is 0. The lowest BCUT2D eigenvalue weighted by Gasteiger charge is -2.27. The molecule has 1 aliphatic carbocycles. The third-order valence-electron chi connectivity index (χ3n) is 4.12. The Kier molecular flexibility index (Phi) is 4.16. The van der Waals surface area contributed by atoms with Crippen LogP contribution in [0.1, 0.15) is 24.8 Å². The Bertz CT molecular complexity index is 800. The molecule has 1 saturated carbocycles. The molecule has 22 heavy (non-hydrogen) atoms. The normalized spacial score (nSPS) is 24.8. The maximum absolute atomic E-state index is 13.0. The van der Waals surface area contributed by atoms with Crippen molar-refractivity contribution in [1.82, 2.24) is 4.31 Å². The molecule has 1 atom stereocenters. The SMILES string of the molecule is Cc1ccc(S(=O)(=O)N(C2CC2)C2CCS(=O)(=O)C2)c(Br)c1. The minimum Gasteiger partial charge on any atom is -0.229 e. The van der Waals surface area contributed by atoms with E-state index in [1.807, 2.05) is 6.92 Å². The van der Waals surface area contributed by atoms with Gasteiger partial charge >= 0.3 is 0 Å². The van der Waals surface area contributed by atoms with E-state index >= 15 is 0 Å². The van der Waals surface area contributed by atoms with Crippen LogP contribution < -0.4 is 0 Å². The highest BCUT2D eigenvalue weighted by Crippen LogP contribution is 2.38. The van der Waals surface area contributed by atoms with Crippen LogP contribution in [0.15, 0.2) is 27.6 Å². The molecular weight excluding hydrogens is 390 g/mol. The van der Waals surface area contributed by atoms with Gasteiger partial charge in [0.25, 0.3) is 0 Å². The number of aryl methyl sites for hydroxylation is 1. The molecule has 122 valence electrons. The first-order valence-corrected chi connectivity index (χ1v) is 11.3. The van der Waals surface area contributed by atoms with Gasteiger partial charge in [0, 0.05) is 16.6 Å². The van der Waals surface area contributed by atoms with Gasteiger partial charge in [-0.25, -0.2) is 16.8 Å². The molecule has 1 heterocycles. The summed E-state index contributed by atoms with van der Waals surface area (Å²) in [6.07, 6.45) is 2.00. The van der Waals surface area contributed by atoms with E-state index in [-0.39, 0.29) is 22.4 Å². The first-order valence-electron chi connectivity index (χ1n) is 7.21. The molecule has 0 aromatic heterocycles. The average molecular weight is 408 g/mol. The molecule has 5 nitrogen and oxygen atoms in total. The van der Waals surface area contributed by atoms with Gasteiger partial charge in [0.1, 0.15) is 0 Å². The second-order valence-corrected chi connectivity index (χ2v) is 11.0. The quantitative estimate of drug-likeness (QED) is 0.765. The molecule has 0 spiro atoms. The number of sulfonamides is 1. The van der Waals surface area contributed by atoms with E-state index in [1.165, 1.54) is 4.31 Å². The predicted molar refractivity (Wildman–Crippen MR) is 88.0 cm³/mol. The number of benzene rings is 1. The smallest absolute Gasteiger partial charge is 0.229 e. The van der Waals surface area contributed by atoms with Gasteiger partial charge in [-0.3, -0.25) is 0 Å². The molecule has 1 aromatic rings. The number of hydrogen-bond donors (Lipinski definition) is 0. The van der Waals surface area contributed by atoms with Gasteiger partial charge < -0.3 is 0 Å². The van der Waals surface area contributed by atoms with Crippen LogP contribution in [0.3, 0.4) is 0 Å². The van der Waals surface area contributed by atoms with Gasteiger partial charge in [-0.15, -0.1) is 0 Å². The molecule has 2 fully saturated rings. The number of hydrogen-bond acceptors (Lipinski definition) is 4. The van der Waals surface area contributed by atoms with Crippen LogP contribution in [-0.4, -0.2) is 44.7 Å². The minimum atomic E-state index is -3.70. The van der Waals surface area contributed by atoms with E-state index < -0.39 is 25.9 Å². The van der Waals surface area contributed by atoms with Gasteiger partial charge in [0.05, 0.1) is 16.4 Å². The fraction of sp³-hybridized carbons (Fsp3) is 0.571. The van der Waals surface area contributed by atoms with Crippen LogP contribution in [0, 0.1) is 6.92 Å². The maximum atomic E-state index is 13.0. The van der Waals surface area contributed by atoms with Crippen LogP contribution in [0.4, 0.5) is 0 Å². The number of rotatable bonds is 4. The number of sulfone groups is 1. The van der Waals surface area contributed by atoms with Gasteiger partial charge in [-0.2, -0.15) is 4.31 Å². The third-order valence-corrected chi connectivity index (χ3v) is 8.85. The van der Waals surface area contributed by atoms with Crippen LogP contribution >= 0.6 is 15.9 Å². The van der Waals surface area contributed by atoms with E-state index in [0.29, 0.717) is 10.9 Å². The van der Waals surface area contributed by atoms with Crippen LogP contribution in [0.5, 0.6) is 0 Å². The Balaban J connectivity index is 2.01. The predicted octanol–water partition coefficient (Wildman–Crippen LogP) is 2.10. The van der Waals surface area contributed by atoms with E-state index in [1.54, 1.807) is 18.2 Å². The first-order chi connectivity index (χ1) is 10.2. The Morgan fingerprint density at radius 2 is 1.86 bits per heavy atom. The highest BCUT2D eigenvalue weighted by atomic mass is 79.9.